The van der Waals surface area contributed by atoms with E-state index in [4.69, 9.17) is 9.47 Å². The first-order valence-corrected chi connectivity index (χ1v) is 19.5. The smallest absolute Gasteiger partial charge is 0.306 e. The van der Waals surface area contributed by atoms with Crippen LogP contribution in [0.3, 0.4) is 0 Å². The van der Waals surface area contributed by atoms with Crippen LogP contribution in [0.25, 0.3) is 0 Å². The maximum absolute atomic E-state index is 13.8. The van der Waals surface area contributed by atoms with Crippen molar-refractivity contribution in [1.82, 2.24) is 9.80 Å². The van der Waals surface area contributed by atoms with Crippen molar-refractivity contribution in [1.29, 1.82) is 0 Å². The van der Waals surface area contributed by atoms with Gasteiger partial charge in [-0.1, -0.05) is 87.8 Å². The fraction of sp³-hybridized carbons (Fsp3) is 0.619. The maximum Gasteiger partial charge on any atom is 0.306 e. The third-order valence-electron chi connectivity index (χ3n) is 11.2. The number of carbonyl (C=O) groups is 4. The zero-order valence-corrected chi connectivity index (χ0v) is 30.3. The number of nitrogens with zero attached hydrogens (tertiary/aromatic N) is 2. The van der Waals surface area contributed by atoms with Crippen LogP contribution in [0.4, 0.5) is 0 Å². The van der Waals surface area contributed by atoms with Gasteiger partial charge in [0.1, 0.15) is 12.2 Å². The molecule has 8 heteroatoms. The lowest BCUT2D eigenvalue weighted by Crippen LogP contribution is -2.55. The van der Waals surface area contributed by atoms with E-state index in [9.17, 15) is 19.2 Å². The molecule has 50 heavy (non-hydrogen) atoms. The summed E-state index contributed by atoms with van der Waals surface area (Å²) in [6, 6.07) is 18.7. The number of ether oxygens (including phenoxy) is 2. The molecule has 0 aliphatic carbocycles. The van der Waals surface area contributed by atoms with E-state index in [-0.39, 0.29) is 60.1 Å². The molecular formula is C42H58N2O6. The molecule has 8 rings (SSSR count). The molecule has 2 aromatic carbocycles. The Kier molecular flexibility index (Phi) is 14.3. The van der Waals surface area contributed by atoms with Gasteiger partial charge in [-0.3, -0.25) is 19.2 Å². The predicted molar refractivity (Wildman–Crippen MR) is 195 cm³/mol. The molecule has 6 saturated heterocycles. The number of carbonyl (C=O) groups excluding carboxylic acids is 4. The molecule has 0 saturated carbocycles. The summed E-state index contributed by atoms with van der Waals surface area (Å²) in [6.45, 7) is 4.06. The molecular weight excluding hydrogens is 628 g/mol. The van der Waals surface area contributed by atoms with Crippen LogP contribution in [0.5, 0.6) is 0 Å². The van der Waals surface area contributed by atoms with E-state index >= 15 is 0 Å². The lowest BCUT2D eigenvalue weighted by Gasteiger charge is -2.44. The summed E-state index contributed by atoms with van der Waals surface area (Å²) in [7, 11) is 0. The van der Waals surface area contributed by atoms with Crippen LogP contribution < -0.4 is 0 Å². The number of benzene rings is 2. The lowest BCUT2D eigenvalue weighted by atomic mass is 9.89. The lowest BCUT2D eigenvalue weighted by molar-refractivity contribution is -0.156. The monoisotopic (exact) mass is 686 g/mol. The van der Waals surface area contributed by atoms with E-state index in [1.165, 1.54) is 0 Å². The van der Waals surface area contributed by atoms with Crippen molar-refractivity contribution in [3.05, 3.63) is 71.8 Å². The standard InChI is InChI=1S/C42H58N2O6/c1-31-37-29-27-35(43(31)41(47)33-19-11-9-12-20-33)23-15-5-3-8-18-26-40(46)50-38-30-28-36(24-16-6-4-7-17-25-39(45)49-37)44(32(38)2)42(48)34-21-13-10-14-22-34/h9-14,19-22,31-32,35-38H,3-8,15-18,23-30H2,1-2H3/t31-,32-,35+,36+,37-,38-/m0/s1. The highest BCUT2D eigenvalue weighted by molar-refractivity contribution is 5.95. The van der Waals surface area contributed by atoms with Crippen LogP contribution in [0.15, 0.2) is 60.7 Å². The largest absolute Gasteiger partial charge is 0.460 e. The van der Waals surface area contributed by atoms with Gasteiger partial charge in [0, 0.05) is 36.1 Å². The molecule has 272 valence electrons. The quantitative estimate of drug-likeness (QED) is 0.294. The highest BCUT2D eigenvalue weighted by Crippen LogP contribution is 2.33. The predicted octanol–water partition coefficient (Wildman–Crippen LogP) is 8.67. The molecule has 6 aliphatic rings. The van der Waals surface area contributed by atoms with Crippen LogP contribution in [0, 0.1) is 0 Å². The van der Waals surface area contributed by atoms with Gasteiger partial charge in [-0.2, -0.15) is 0 Å². The van der Waals surface area contributed by atoms with Gasteiger partial charge in [0.2, 0.25) is 0 Å². The van der Waals surface area contributed by atoms with Crippen molar-refractivity contribution in [3.63, 3.8) is 0 Å². The van der Waals surface area contributed by atoms with Crippen molar-refractivity contribution in [2.45, 2.75) is 166 Å². The second-order valence-electron chi connectivity index (χ2n) is 14.8. The Bertz CT molecular complexity index is 1280. The topological polar surface area (TPSA) is 93.2 Å². The molecule has 6 atom stereocenters. The Morgan fingerprint density at radius 3 is 1.26 bits per heavy atom. The summed E-state index contributed by atoms with van der Waals surface area (Å²) in [5.74, 6) is -0.331. The highest BCUT2D eigenvalue weighted by Gasteiger charge is 2.41. The fourth-order valence-electron chi connectivity index (χ4n) is 8.35. The third kappa shape index (κ3) is 10.2. The van der Waals surface area contributed by atoms with Gasteiger partial charge in [0.15, 0.2) is 0 Å². The molecule has 6 fully saturated rings. The number of esters is 2. The maximum atomic E-state index is 13.8. The summed E-state index contributed by atoms with van der Waals surface area (Å²) in [5.41, 5.74) is 1.34. The fourth-order valence-corrected chi connectivity index (χ4v) is 8.35. The SMILES string of the molecule is C[C@H]1[C@@H]2CC[C@@H](CCCCCCCC(=O)O[C@H]3CC[C@@H](CCCCCCCC(=O)O2)N(C(=O)c2ccccc2)[C@H]3C)N1C(=O)c1ccccc1. The van der Waals surface area contributed by atoms with E-state index in [2.05, 4.69) is 0 Å². The van der Waals surface area contributed by atoms with Crippen molar-refractivity contribution >= 4 is 23.8 Å². The van der Waals surface area contributed by atoms with E-state index in [1.807, 2.05) is 84.3 Å². The molecule has 0 unspecified atom stereocenters. The number of hydrogen-bond acceptors (Lipinski definition) is 6. The molecule has 6 heterocycles. The van der Waals surface area contributed by atoms with Gasteiger partial charge in [-0.15, -0.1) is 0 Å². The molecule has 2 amide bonds. The molecule has 0 radical (unpaired) electrons. The van der Waals surface area contributed by atoms with Gasteiger partial charge in [0.05, 0.1) is 12.1 Å². The minimum Gasteiger partial charge on any atom is -0.460 e. The number of rotatable bonds is 2. The summed E-state index contributed by atoms with van der Waals surface area (Å²) < 4.78 is 12.1. The molecule has 4 bridgehead atoms. The van der Waals surface area contributed by atoms with Crippen molar-refractivity contribution in [2.75, 3.05) is 0 Å². The van der Waals surface area contributed by atoms with E-state index < -0.39 is 0 Å². The minimum atomic E-state index is -0.302. The molecule has 0 N–H and O–H groups in total. The number of hydrogen-bond donors (Lipinski definition) is 0. The van der Waals surface area contributed by atoms with Gasteiger partial charge >= 0.3 is 11.9 Å². The summed E-state index contributed by atoms with van der Waals surface area (Å²) >= 11 is 0. The molecule has 0 aromatic heterocycles. The van der Waals surface area contributed by atoms with Crippen LogP contribution in [-0.4, -0.2) is 69.9 Å². The van der Waals surface area contributed by atoms with Crippen molar-refractivity contribution < 1.29 is 28.7 Å². The zero-order chi connectivity index (χ0) is 35.3. The van der Waals surface area contributed by atoms with E-state index in [0.29, 0.717) is 24.0 Å². The van der Waals surface area contributed by atoms with Crippen LogP contribution in [-0.2, 0) is 19.1 Å². The minimum absolute atomic E-state index is 0.00564. The van der Waals surface area contributed by atoms with Crippen molar-refractivity contribution in [3.8, 4) is 0 Å². The van der Waals surface area contributed by atoms with Crippen LogP contribution in [0.1, 0.15) is 150 Å². The van der Waals surface area contributed by atoms with Crippen molar-refractivity contribution in [2.24, 2.45) is 0 Å². The number of amides is 2. The van der Waals surface area contributed by atoms with Crippen LogP contribution >= 0.6 is 0 Å². The second kappa shape index (κ2) is 19.1. The summed E-state index contributed by atoms with van der Waals surface area (Å²) in [5, 5.41) is 0. The number of piperidine rings is 2. The van der Waals surface area contributed by atoms with E-state index in [0.717, 1.165) is 103 Å². The summed E-state index contributed by atoms with van der Waals surface area (Å²) in [4.78, 5) is 57.5. The first-order chi connectivity index (χ1) is 24.3. The second-order valence-corrected chi connectivity index (χ2v) is 14.8. The first-order valence-electron chi connectivity index (χ1n) is 19.5. The third-order valence-corrected chi connectivity index (χ3v) is 11.2. The Balaban J connectivity index is 1.22. The molecule has 6 aliphatic heterocycles. The Morgan fingerprint density at radius 1 is 0.500 bits per heavy atom. The van der Waals surface area contributed by atoms with Gasteiger partial charge in [-0.05, 0) is 89.5 Å². The van der Waals surface area contributed by atoms with Gasteiger partial charge in [0.25, 0.3) is 11.8 Å². The Labute approximate surface area is 299 Å². The zero-order valence-electron chi connectivity index (χ0n) is 30.3. The normalized spacial score (nSPS) is 28.4. The van der Waals surface area contributed by atoms with Crippen LogP contribution in [0.2, 0.25) is 0 Å². The van der Waals surface area contributed by atoms with Gasteiger partial charge in [-0.25, -0.2) is 0 Å². The summed E-state index contributed by atoms with van der Waals surface area (Å²) in [6.07, 6.45) is 14.7. The molecule has 8 nitrogen and oxygen atoms in total. The highest BCUT2D eigenvalue weighted by atomic mass is 16.5. The average Bonchev–Trinajstić information content (AvgIpc) is 3.13. The molecule has 2 aromatic rings. The van der Waals surface area contributed by atoms with Gasteiger partial charge < -0.3 is 19.3 Å². The van der Waals surface area contributed by atoms with E-state index in [1.54, 1.807) is 0 Å². The molecule has 0 spiro atoms. The Morgan fingerprint density at radius 2 is 0.860 bits per heavy atom. The Hall–Kier alpha value is -3.68. The average molecular weight is 687 g/mol. The first kappa shape index (κ1) is 37.6.